The second-order valence-electron chi connectivity index (χ2n) is 7.29. The van der Waals surface area contributed by atoms with Gasteiger partial charge in [0.15, 0.2) is 5.76 Å². The molecule has 1 aliphatic rings. The molecule has 3 rings (SSSR count). The first-order valence-electron chi connectivity index (χ1n) is 9.59. The zero-order chi connectivity index (χ0) is 19.9. The van der Waals surface area contributed by atoms with Crippen LogP contribution in [0.5, 0.6) is 5.75 Å². The van der Waals surface area contributed by atoms with Crippen LogP contribution in [-0.4, -0.2) is 49.8 Å². The van der Waals surface area contributed by atoms with Crippen LogP contribution < -0.4 is 10.1 Å². The van der Waals surface area contributed by atoms with Gasteiger partial charge in [0.05, 0.1) is 19.3 Å². The molecule has 2 aromatic rings. The Labute approximate surface area is 166 Å². The van der Waals surface area contributed by atoms with Gasteiger partial charge < -0.3 is 19.5 Å². The van der Waals surface area contributed by atoms with Crippen LogP contribution in [0.4, 0.5) is 0 Å². The molecule has 0 aliphatic carbocycles. The molecule has 1 fully saturated rings. The maximum atomic E-state index is 12.4. The number of aromatic nitrogens is 1. The van der Waals surface area contributed by atoms with Crippen LogP contribution in [0.15, 0.2) is 34.9 Å². The summed E-state index contributed by atoms with van der Waals surface area (Å²) in [5, 5.41) is 7.69. The lowest BCUT2D eigenvalue weighted by molar-refractivity contribution is -0.131. The number of ether oxygens (including phenoxy) is 1. The highest BCUT2D eigenvalue weighted by Gasteiger charge is 2.29. The van der Waals surface area contributed by atoms with Gasteiger partial charge in [-0.25, -0.2) is 0 Å². The third-order valence-electron chi connectivity index (χ3n) is 5.36. The molecular formula is C22H27N3O3. The molecule has 2 heterocycles. The topological polar surface area (TPSA) is 67.6 Å². The van der Waals surface area contributed by atoms with E-state index < -0.39 is 0 Å². The number of amides is 1. The third kappa shape index (κ3) is 4.93. The van der Waals surface area contributed by atoms with Crippen LogP contribution in [0.1, 0.15) is 18.5 Å². The van der Waals surface area contributed by atoms with Gasteiger partial charge in [0.1, 0.15) is 5.75 Å². The number of hydrogen-bond acceptors (Lipinski definition) is 5. The Hall–Kier alpha value is -2.78. The van der Waals surface area contributed by atoms with Crippen molar-refractivity contribution in [2.45, 2.75) is 19.3 Å². The van der Waals surface area contributed by atoms with Gasteiger partial charge in [0.2, 0.25) is 5.91 Å². The lowest BCUT2D eigenvalue weighted by Gasteiger charge is -2.32. The van der Waals surface area contributed by atoms with Crippen LogP contribution in [0, 0.1) is 24.2 Å². The summed E-state index contributed by atoms with van der Waals surface area (Å²) >= 11 is 0. The van der Waals surface area contributed by atoms with Crippen LogP contribution in [0.25, 0.3) is 11.3 Å². The predicted molar refractivity (Wildman–Crippen MR) is 108 cm³/mol. The highest BCUT2D eigenvalue weighted by Crippen LogP contribution is 2.29. The van der Waals surface area contributed by atoms with E-state index in [2.05, 4.69) is 16.4 Å². The fourth-order valence-electron chi connectivity index (χ4n) is 3.66. The second kappa shape index (κ2) is 9.43. The van der Waals surface area contributed by atoms with E-state index in [1.165, 1.54) is 0 Å². The van der Waals surface area contributed by atoms with E-state index in [1.807, 2.05) is 30.3 Å². The highest BCUT2D eigenvalue weighted by atomic mass is 16.5. The minimum atomic E-state index is 0.105. The molecule has 0 bridgehead atoms. The van der Waals surface area contributed by atoms with Gasteiger partial charge in [0.25, 0.3) is 0 Å². The number of rotatable bonds is 7. The lowest BCUT2D eigenvalue weighted by atomic mass is 9.81. The number of piperidine rings is 1. The zero-order valence-corrected chi connectivity index (χ0v) is 16.5. The summed E-state index contributed by atoms with van der Waals surface area (Å²) in [5.74, 6) is 4.83. The second-order valence-corrected chi connectivity index (χ2v) is 7.29. The number of carbonyl (C=O) groups is 1. The van der Waals surface area contributed by atoms with E-state index in [0.29, 0.717) is 24.8 Å². The van der Waals surface area contributed by atoms with Crippen LogP contribution >= 0.6 is 0 Å². The fraction of sp³-hybridized carbons (Fsp3) is 0.455. The number of nitrogens with zero attached hydrogens (tertiary/aromatic N) is 2. The molecule has 0 spiro atoms. The number of terminal acetylenes is 1. The summed E-state index contributed by atoms with van der Waals surface area (Å²) in [6, 6.07) is 9.69. The number of methoxy groups -OCH3 is 1. The lowest BCUT2D eigenvalue weighted by Crippen LogP contribution is -2.40. The van der Waals surface area contributed by atoms with Crippen molar-refractivity contribution in [3.8, 4) is 29.4 Å². The average Bonchev–Trinajstić information content (AvgIpc) is 3.18. The van der Waals surface area contributed by atoms with Crippen LogP contribution in [0.3, 0.4) is 0 Å². The van der Waals surface area contributed by atoms with E-state index in [-0.39, 0.29) is 5.91 Å². The van der Waals surface area contributed by atoms with Crippen molar-refractivity contribution < 1.29 is 14.1 Å². The number of hydrogen-bond donors (Lipinski definition) is 1. The number of carbonyl (C=O) groups excluding carboxylic acids is 1. The molecule has 1 saturated heterocycles. The van der Waals surface area contributed by atoms with Crippen molar-refractivity contribution in [3.05, 3.63) is 36.0 Å². The van der Waals surface area contributed by atoms with Crippen molar-refractivity contribution in [2.24, 2.45) is 11.8 Å². The van der Waals surface area contributed by atoms with Crippen molar-refractivity contribution in [1.82, 2.24) is 15.4 Å². The van der Waals surface area contributed by atoms with E-state index in [4.69, 9.17) is 15.7 Å². The zero-order valence-electron chi connectivity index (χ0n) is 16.5. The first-order valence-corrected chi connectivity index (χ1v) is 9.59. The summed E-state index contributed by atoms with van der Waals surface area (Å²) in [5.41, 5.74) is 1.87. The quantitative estimate of drug-likeness (QED) is 0.747. The Balaban J connectivity index is 1.65. The van der Waals surface area contributed by atoms with Gasteiger partial charge in [-0.05, 0) is 62.0 Å². The van der Waals surface area contributed by atoms with E-state index >= 15 is 0 Å². The molecule has 6 heteroatoms. The van der Waals surface area contributed by atoms with Gasteiger partial charge >= 0.3 is 0 Å². The molecule has 0 saturated carbocycles. The molecular weight excluding hydrogens is 354 g/mol. The van der Waals surface area contributed by atoms with Gasteiger partial charge in [-0.15, -0.1) is 6.42 Å². The highest BCUT2D eigenvalue weighted by molar-refractivity contribution is 5.76. The Kier molecular flexibility index (Phi) is 6.72. The summed E-state index contributed by atoms with van der Waals surface area (Å²) in [6.07, 6.45) is 7.60. The molecule has 1 N–H and O–H groups in total. The van der Waals surface area contributed by atoms with Gasteiger partial charge in [0, 0.05) is 25.1 Å². The van der Waals surface area contributed by atoms with Crippen LogP contribution in [-0.2, 0) is 11.2 Å². The molecule has 6 nitrogen and oxygen atoms in total. The molecule has 2 atom stereocenters. The van der Waals surface area contributed by atoms with Crippen molar-refractivity contribution in [2.75, 3.05) is 33.8 Å². The van der Waals surface area contributed by atoms with E-state index in [0.717, 1.165) is 48.7 Å². The normalized spacial score (nSPS) is 19.0. The first kappa shape index (κ1) is 20.0. The molecule has 2 unspecified atom stereocenters. The van der Waals surface area contributed by atoms with Crippen molar-refractivity contribution in [3.63, 3.8) is 0 Å². The Morgan fingerprint density at radius 1 is 1.39 bits per heavy atom. The van der Waals surface area contributed by atoms with Gasteiger partial charge in [-0.1, -0.05) is 11.1 Å². The molecule has 148 valence electrons. The predicted octanol–water partition coefficient (Wildman–Crippen LogP) is 2.60. The molecule has 1 aromatic carbocycles. The fourth-order valence-corrected chi connectivity index (χ4v) is 3.66. The Morgan fingerprint density at radius 3 is 2.89 bits per heavy atom. The molecule has 1 aromatic heterocycles. The van der Waals surface area contributed by atoms with Crippen molar-refractivity contribution >= 4 is 5.91 Å². The van der Waals surface area contributed by atoms with Crippen LogP contribution in [0.2, 0.25) is 0 Å². The maximum absolute atomic E-state index is 12.4. The largest absolute Gasteiger partial charge is 0.497 e. The summed E-state index contributed by atoms with van der Waals surface area (Å²) in [6.45, 7) is 2.16. The minimum Gasteiger partial charge on any atom is -0.497 e. The summed E-state index contributed by atoms with van der Waals surface area (Å²) in [7, 11) is 3.41. The smallest absolute Gasteiger partial charge is 0.223 e. The third-order valence-corrected chi connectivity index (χ3v) is 5.36. The monoisotopic (exact) mass is 381 g/mol. The standard InChI is InChI=1S/C22H27N3O3/c1-4-11-25(2)22(26)13-17-9-10-23-15-18(17)12-19-14-21(28-24-19)16-5-7-20(27-3)8-6-16/h1,5-8,14,17-18,23H,9-13,15H2,2-3H3. The van der Waals surface area contributed by atoms with E-state index in [9.17, 15) is 4.79 Å². The number of benzene rings is 1. The van der Waals surface area contributed by atoms with E-state index in [1.54, 1.807) is 19.1 Å². The summed E-state index contributed by atoms with van der Waals surface area (Å²) < 4.78 is 10.7. The molecule has 1 amide bonds. The Bertz CT molecular complexity index is 822. The van der Waals surface area contributed by atoms with Crippen molar-refractivity contribution in [1.29, 1.82) is 0 Å². The average molecular weight is 381 g/mol. The SMILES string of the molecule is C#CCN(C)C(=O)CC1CCNCC1Cc1cc(-c2ccc(OC)cc2)on1. The molecule has 0 radical (unpaired) electrons. The van der Waals surface area contributed by atoms with Gasteiger partial charge in [-0.2, -0.15) is 0 Å². The first-order chi connectivity index (χ1) is 13.6. The molecule has 1 aliphatic heterocycles. The molecule has 28 heavy (non-hydrogen) atoms. The minimum absolute atomic E-state index is 0.105. The van der Waals surface area contributed by atoms with Gasteiger partial charge in [-0.3, -0.25) is 4.79 Å². The maximum Gasteiger partial charge on any atom is 0.223 e. The number of nitrogens with one attached hydrogen (secondary N) is 1. The summed E-state index contributed by atoms with van der Waals surface area (Å²) in [4.78, 5) is 14.0. The Morgan fingerprint density at radius 2 is 2.18 bits per heavy atom.